The maximum absolute atomic E-state index is 12.1. The van der Waals surface area contributed by atoms with Crippen molar-refractivity contribution in [2.45, 2.75) is 27.2 Å². The summed E-state index contributed by atoms with van der Waals surface area (Å²) in [6, 6.07) is 9.44. The van der Waals surface area contributed by atoms with Gasteiger partial charge >= 0.3 is 0 Å². The number of amides is 1. The third kappa shape index (κ3) is 5.81. The first-order valence-electron chi connectivity index (χ1n) is 8.06. The third-order valence-electron chi connectivity index (χ3n) is 3.37. The van der Waals surface area contributed by atoms with E-state index in [1.54, 1.807) is 13.0 Å². The first-order chi connectivity index (χ1) is 11.4. The van der Waals surface area contributed by atoms with Gasteiger partial charge in [-0.15, -0.1) is 0 Å². The van der Waals surface area contributed by atoms with E-state index < -0.39 is 0 Å². The van der Waals surface area contributed by atoms with Gasteiger partial charge in [0.05, 0.1) is 0 Å². The number of carbonyl (C=O) groups is 1. The third-order valence-corrected chi connectivity index (χ3v) is 3.63. The summed E-state index contributed by atoms with van der Waals surface area (Å²) in [5.74, 6) is 1.45. The minimum Gasteiger partial charge on any atom is -0.370 e. The zero-order chi connectivity index (χ0) is 17.5. The molecule has 24 heavy (non-hydrogen) atoms. The molecule has 0 fully saturated rings. The molecule has 0 radical (unpaired) electrons. The number of anilines is 1. The van der Waals surface area contributed by atoms with E-state index in [2.05, 4.69) is 34.4 Å². The summed E-state index contributed by atoms with van der Waals surface area (Å²) in [6.07, 6.45) is 0.842. The van der Waals surface area contributed by atoms with Crippen LogP contribution in [0.2, 0.25) is 5.02 Å². The maximum Gasteiger partial charge on any atom is 0.270 e. The highest BCUT2D eigenvalue weighted by molar-refractivity contribution is 6.30. The fourth-order valence-corrected chi connectivity index (χ4v) is 2.27. The van der Waals surface area contributed by atoms with Crippen LogP contribution in [0, 0.1) is 12.8 Å². The molecule has 5 nitrogen and oxygen atoms in total. The van der Waals surface area contributed by atoms with Crippen LogP contribution in [-0.2, 0) is 6.42 Å². The summed E-state index contributed by atoms with van der Waals surface area (Å²) >= 11 is 5.88. The molecule has 0 spiro atoms. The molecule has 2 N–H and O–H groups in total. The normalized spacial score (nSPS) is 10.7. The van der Waals surface area contributed by atoms with Crippen LogP contribution in [0.4, 0.5) is 5.82 Å². The van der Waals surface area contributed by atoms with Gasteiger partial charge in [-0.05, 0) is 37.0 Å². The molecule has 0 aliphatic rings. The highest BCUT2D eigenvalue weighted by atomic mass is 35.5. The SMILES string of the molecule is Cc1nc(NCCc2ccc(Cl)cc2)cc(C(=O)NCC(C)C)n1. The van der Waals surface area contributed by atoms with Gasteiger partial charge in [0.15, 0.2) is 0 Å². The van der Waals surface area contributed by atoms with Gasteiger partial charge < -0.3 is 10.6 Å². The standard InChI is InChI=1S/C18H23ClN4O/c1-12(2)11-21-18(24)16-10-17(23-13(3)22-16)20-9-8-14-4-6-15(19)7-5-14/h4-7,10,12H,8-9,11H2,1-3H3,(H,21,24)(H,20,22,23). The summed E-state index contributed by atoms with van der Waals surface area (Å²) in [6.45, 7) is 7.22. The Balaban J connectivity index is 1.95. The van der Waals surface area contributed by atoms with Gasteiger partial charge in [-0.25, -0.2) is 9.97 Å². The summed E-state index contributed by atoms with van der Waals surface area (Å²) in [4.78, 5) is 20.7. The predicted octanol–water partition coefficient (Wildman–Crippen LogP) is 3.48. The van der Waals surface area contributed by atoms with E-state index >= 15 is 0 Å². The predicted molar refractivity (Wildman–Crippen MR) is 97.6 cm³/mol. The first-order valence-corrected chi connectivity index (χ1v) is 8.44. The Bertz CT molecular complexity index is 686. The molecule has 2 aromatic rings. The number of nitrogens with one attached hydrogen (secondary N) is 2. The van der Waals surface area contributed by atoms with Crippen molar-refractivity contribution in [2.24, 2.45) is 5.92 Å². The van der Waals surface area contributed by atoms with E-state index in [1.165, 1.54) is 5.56 Å². The van der Waals surface area contributed by atoms with Crippen LogP contribution >= 0.6 is 11.6 Å². The number of benzene rings is 1. The second-order valence-corrected chi connectivity index (χ2v) is 6.53. The van der Waals surface area contributed by atoms with Gasteiger partial charge in [-0.2, -0.15) is 0 Å². The molecular weight excluding hydrogens is 324 g/mol. The lowest BCUT2D eigenvalue weighted by molar-refractivity contribution is 0.0943. The molecule has 1 aromatic heterocycles. The Morgan fingerprint density at radius 3 is 2.58 bits per heavy atom. The molecular formula is C18H23ClN4O. The Morgan fingerprint density at radius 2 is 1.92 bits per heavy atom. The zero-order valence-corrected chi connectivity index (χ0v) is 15.0. The second-order valence-electron chi connectivity index (χ2n) is 6.09. The summed E-state index contributed by atoms with van der Waals surface area (Å²) < 4.78 is 0. The van der Waals surface area contributed by atoms with Crippen molar-refractivity contribution < 1.29 is 4.79 Å². The molecule has 0 aliphatic carbocycles. The maximum atomic E-state index is 12.1. The van der Waals surface area contributed by atoms with Crippen LogP contribution in [0.5, 0.6) is 0 Å². The minimum absolute atomic E-state index is 0.171. The van der Waals surface area contributed by atoms with Crippen LogP contribution in [-0.4, -0.2) is 29.0 Å². The van der Waals surface area contributed by atoms with E-state index in [1.807, 2.05) is 24.3 Å². The molecule has 0 aliphatic heterocycles. The van der Waals surface area contributed by atoms with Gasteiger partial charge in [0.2, 0.25) is 0 Å². The summed E-state index contributed by atoms with van der Waals surface area (Å²) in [5.41, 5.74) is 1.57. The van der Waals surface area contributed by atoms with Crippen molar-refractivity contribution >= 4 is 23.3 Å². The highest BCUT2D eigenvalue weighted by Crippen LogP contribution is 2.11. The smallest absolute Gasteiger partial charge is 0.270 e. The van der Waals surface area contributed by atoms with Gasteiger partial charge in [-0.3, -0.25) is 4.79 Å². The largest absolute Gasteiger partial charge is 0.370 e. The number of aromatic nitrogens is 2. The first kappa shape index (κ1) is 18.2. The average Bonchev–Trinajstić information content (AvgIpc) is 2.54. The van der Waals surface area contributed by atoms with Gasteiger partial charge in [0, 0.05) is 24.2 Å². The number of carbonyl (C=O) groups excluding carboxylic acids is 1. The highest BCUT2D eigenvalue weighted by Gasteiger charge is 2.10. The lowest BCUT2D eigenvalue weighted by atomic mass is 10.1. The number of rotatable bonds is 7. The average molecular weight is 347 g/mol. The zero-order valence-electron chi connectivity index (χ0n) is 14.3. The molecule has 1 aromatic carbocycles. The Morgan fingerprint density at radius 1 is 1.21 bits per heavy atom. The Labute approximate surface area is 147 Å². The van der Waals surface area contributed by atoms with E-state index in [-0.39, 0.29) is 5.91 Å². The molecule has 2 rings (SSSR count). The van der Waals surface area contributed by atoms with Gasteiger partial charge in [0.1, 0.15) is 17.3 Å². The molecule has 0 saturated heterocycles. The monoisotopic (exact) mass is 346 g/mol. The molecule has 0 saturated carbocycles. The van der Waals surface area contributed by atoms with Crippen LogP contribution in [0.3, 0.4) is 0 Å². The Kier molecular flexibility index (Phi) is 6.55. The molecule has 0 atom stereocenters. The summed E-state index contributed by atoms with van der Waals surface area (Å²) in [5, 5.41) is 6.85. The van der Waals surface area contributed by atoms with Crippen LogP contribution in [0.15, 0.2) is 30.3 Å². The van der Waals surface area contributed by atoms with Crippen molar-refractivity contribution in [3.63, 3.8) is 0 Å². The number of nitrogens with zero attached hydrogens (tertiary/aromatic N) is 2. The van der Waals surface area contributed by atoms with E-state index in [0.29, 0.717) is 36.3 Å². The lowest BCUT2D eigenvalue weighted by Gasteiger charge is -2.10. The van der Waals surface area contributed by atoms with Crippen molar-refractivity contribution in [3.05, 3.63) is 52.4 Å². The fraction of sp³-hybridized carbons (Fsp3) is 0.389. The number of aryl methyl sites for hydroxylation is 1. The number of halogens is 1. The van der Waals surface area contributed by atoms with E-state index in [9.17, 15) is 4.79 Å². The fourth-order valence-electron chi connectivity index (χ4n) is 2.15. The van der Waals surface area contributed by atoms with Crippen molar-refractivity contribution in [3.8, 4) is 0 Å². The van der Waals surface area contributed by atoms with Gasteiger partial charge in [-0.1, -0.05) is 37.6 Å². The lowest BCUT2D eigenvalue weighted by Crippen LogP contribution is -2.28. The quantitative estimate of drug-likeness (QED) is 0.805. The summed E-state index contributed by atoms with van der Waals surface area (Å²) in [7, 11) is 0. The molecule has 128 valence electrons. The number of hydrogen-bond acceptors (Lipinski definition) is 4. The minimum atomic E-state index is -0.171. The topological polar surface area (TPSA) is 66.9 Å². The molecule has 0 bridgehead atoms. The van der Waals surface area contributed by atoms with Crippen LogP contribution in [0.1, 0.15) is 35.7 Å². The number of hydrogen-bond donors (Lipinski definition) is 2. The van der Waals surface area contributed by atoms with Crippen molar-refractivity contribution in [1.82, 2.24) is 15.3 Å². The van der Waals surface area contributed by atoms with Crippen LogP contribution in [0.25, 0.3) is 0 Å². The molecule has 1 heterocycles. The molecule has 6 heteroatoms. The van der Waals surface area contributed by atoms with Crippen LogP contribution < -0.4 is 10.6 Å². The Hall–Kier alpha value is -2.14. The molecule has 1 amide bonds. The van der Waals surface area contributed by atoms with E-state index in [4.69, 9.17) is 11.6 Å². The van der Waals surface area contributed by atoms with Crippen molar-refractivity contribution in [1.29, 1.82) is 0 Å². The van der Waals surface area contributed by atoms with E-state index in [0.717, 1.165) is 11.4 Å². The second kappa shape index (κ2) is 8.64. The molecule has 0 unspecified atom stereocenters. The van der Waals surface area contributed by atoms with Gasteiger partial charge in [0.25, 0.3) is 5.91 Å². The van der Waals surface area contributed by atoms with Crippen molar-refractivity contribution in [2.75, 3.05) is 18.4 Å².